The van der Waals surface area contributed by atoms with Crippen molar-refractivity contribution in [3.05, 3.63) is 51.3 Å². The largest absolute Gasteiger partial charge is 0.495 e. The number of hydrogen-bond donors (Lipinski definition) is 1. The summed E-state index contributed by atoms with van der Waals surface area (Å²) in [6.07, 6.45) is 4.48. The number of ether oxygens (including phenoxy) is 1. The second-order valence-electron chi connectivity index (χ2n) is 10.9. The van der Waals surface area contributed by atoms with Crippen molar-refractivity contribution in [2.45, 2.75) is 75.0 Å². The van der Waals surface area contributed by atoms with E-state index in [2.05, 4.69) is 30.7 Å². The molecule has 1 atom stereocenters. The van der Waals surface area contributed by atoms with Crippen LogP contribution in [0.4, 0.5) is 0 Å². The number of nitrogens with zero attached hydrogens (tertiary/aromatic N) is 2. The molecule has 1 N–H and O–H groups in total. The van der Waals surface area contributed by atoms with Crippen LogP contribution in [-0.2, 0) is 9.84 Å². The summed E-state index contributed by atoms with van der Waals surface area (Å²) in [7, 11) is -1.85. The van der Waals surface area contributed by atoms with Crippen LogP contribution in [0.5, 0.6) is 5.75 Å². The van der Waals surface area contributed by atoms with Crippen molar-refractivity contribution in [2.75, 3.05) is 12.1 Å². The van der Waals surface area contributed by atoms with E-state index >= 15 is 0 Å². The van der Waals surface area contributed by atoms with Crippen molar-refractivity contribution in [1.82, 2.24) is 4.68 Å². The Morgan fingerprint density at radius 2 is 1.89 bits per heavy atom. The third-order valence-corrected chi connectivity index (χ3v) is 10.5. The van der Waals surface area contributed by atoms with Gasteiger partial charge in [-0.15, -0.1) is 0 Å². The Bertz CT molecular complexity index is 1520. The predicted molar refractivity (Wildman–Crippen MR) is 137 cm³/mol. The van der Waals surface area contributed by atoms with Gasteiger partial charge in [0.2, 0.25) is 0 Å². The second kappa shape index (κ2) is 7.87. The molecular weight excluding hydrogens is 480 g/mol. The van der Waals surface area contributed by atoms with Crippen molar-refractivity contribution in [3.63, 3.8) is 0 Å². The van der Waals surface area contributed by atoms with Crippen LogP contribution in [0.15, 0.2) is 29.2 Å². The fourth-order valence-corrected chi connectivity index (χ4v) is 7.17. The fourth-order valence-electron chi connectivity index (χ4n) is 5.39. The zero-order chi connectivity index (χ0) is 26.2. The average Bonchev–Trinajstić information content (AvgIpc) is 3.61. The van der Waals surface area contributed by atoms with Crippen LogP contribution in [0.1, 0.15) is 80.9 Å². The molecule has 0 radical (unpaired) electrons. The molecule has 2 fully saturated rings. The van der Waals surface area contributed by atoms with Crippen LogP contribution < -0.4 is 15.2 Å². The molecule has 190 valence electrons. The molecule has 1 saturated carbocycles. The third kappa shape index (κ3) is 3.62. The van der Waals surface area contributed by atoms with Gasteiger partial charge < -0.3 is 9.84 Å². The van der Waals surface area contributed by atoms with Gasteiger partial charge in [0.25, 0.3) is 0 Å². The Balaban J connectivity index is 1.70. The molecule has 0 bridgehead atoms. The summed E-state index contributed by atoms with van der Waals surface area (Å²) >= 11 is 0. The fraction of sp³-hybridized carbons (Fsp3) is 0.481. The van der Waals surface area contributed by atoms with Crippen LogP contribution in [-0.4, -0.2) is 46.8 Å². The van der Waals surface area contributed by atoms with Gasteiger partial charge in [0.1, 0.15) is 16.1 Å². The van der Waals surface area contributed by atoms with E-state index in [-0.39, 0.29) is 22.4 Å². The lowest BCUT2D eigenvalue weighted by Crippen LogP contribution is -2.50. The number of carboxylic acid groups (broad SMARTS) is 1. The minimum atomic E-state index is -3.37. The number of hydrogen-bond acceptors (Lipinski definition) is 6. The van der Waals surface area contributed by atoms with Gasteiger partial charge in [-0.1, -0.05) is 11.8 Å². The molecule has 0 unspecified atom stereocenters. The summed E-state index contributed by atoms with van der Waals surface area (Å²) in [6, 6.07) is 5.04. The normalized spacial score (nSPS) is 20.0. The Morgan fingerprint density at radius 1 is 1.19 bits per heavy atom. The maximum absolute atomic E-state index is 12.9. The molecule has 2 aromatic rings. The summed E-state index contributed by atoms with van der Waals surface area (Å²) in [6.45, 7) is 7.47. The van der Waals surface area contributed by atoms with Crippen molar-refractivity contribution < 1.29 is 23.1 Å². The number of rotatable bonds is 4. The Kier molecular flexibility index (Phi) is 5.35. The molecule has 0 spiro atoms. The minimum absolute atomic E-state index is 0.0682. The van der Waals surface area contributed by atoms with Crippen LogP contribution in [0.3, 0.4) is 0 Å². The summed E-state index contributed by atoms with van der Waals surface area (Å²) in [4.78, 5) is 24.4. The number of pyridine rings is 1. The Morgan fingerprint density at radius 3 is 2.50 bits per heavy atom. The molecule has 1 saturated heterocycles. The van der Waals surface area contributed by atoms with Crippen molar-refractivity contribution >= 4 is 15.8 Å². The molecule has 1 aromatic heterocycles. The first-order chi connectivity index (χ1) is 16.8. The number of methoxy groups -OCH3 is 1. The first-order valence-corrected chi connectivity index (χ1v) is 13.6. The lowest BCUT2D eigenvalue weighted by molar-refractivity contribution is 0.0694. The summed E-state index contributed by atoms with van der Waals surface area (Å²) in [5.41, 5.74) is 1.76. The van der Waals surface area contributed by atoms with Gasteiger partial charge in [-0.2, -0.15) is 0 Å². The number of benzene rings is 1. The quantitative estimate of drug-likeness (QED) is 0.628. The van der Waals surface area contributed by atoms with E-state index in [0.717, 1.165) is 24.0 Å². The highest BCUT2D eigenvalue weighted by Crippen LogP contribution is 2.49. The molecule has 1 aliphatic carbocycles. The number of carbonyl (C=O) groups is 1. The van der Waals surface area contributed by atoms with Crippen molar-refractivity contribution in [1.29, 1.82) is 0 Å². The van der Waals surface area contributed by atoms with E-state index in [1.807, 2.05) is 12.1 Å². The first kappa shape index (κ1) is 24.4. The van der Waals surface area contributed by atoms with E-state index in [1.54, 1.807) is 18.5 Å². The predicted octanol–water partition coefficient (Wildman–Crippen LogP) is 3.49. The Hall–Kier alpha value is -3.25. The molecule has 2 aliphatic heterocycles. The van der Waals surface area contributed by atoms with Gasteiger partial charge in [-0.3, -0.25) is 14.5 Å². The SMILES string of the molecule is COc1cc2c(cc1C#CC(C)(C)S(=O)(=O)C1CC1)[C@H]1CCC(C)(C)N1n1cc(C(=O)O)c(=O)cc1-2. The maximum Gasteiger partial charge on any atom is 0.341 e. The minimum Gasteiger partial charge on any atom is -0.495 e. The van der Waals surface area contributed by atoms with Gasteiger partial charge in [0.15, 0.2) is 15.3 Å². The highest BCUT2D eigenvalue weighted by Gasteiger charge is 2.46. The smallest absolute Gasteiger partial charge is 0.341 e. The van der Waals surface area contributed by atoms with Crippen molar-refractivity contribution in [2.24, 2.45) is 0 Å². The standard InChI is InChI=1S/C27H30N2O6S/c1-26(2)10-9-21-18-12-16(8-11-27(3,4)36(33,34)17-6-7-17)24(35-5)13-19(18)22-14-23(30)20(25(31)32)15-28(22)29(21)26/h12-15,17,21H,6-7,9-10H2,1-5H3,(H,31,32)/t21-/m1/s1. The average molecular weight is 511 g/mol. The van der Waals surface area contributed by atoms with E-state index in [9.17, 15) is 23.1 Å². The summed E-state index contributed by atoms with van der Waals surface area (Å²) in [5, 5.41) is 11.4. The number of carboxylic acids is 1. The number of aromatic nitrogens is 1. The van der Waals surface area contributed by atoms with Gasteiger partial charge in [-0.05, 0) is 71.1 Å². The van der Waals surface area contributed by atoms with Crippen LogP contribution in [0, 0.1) is 11.8 Å². The molecule has 3 aliphatic rings. The third-order valence-electron chi connectivity index (χ3n) is 7.62. The molecule has 36 heavy (non-hydrogen) atoms. The highest BCUT2D eigenvalue weighted by molar-refractivity contribution is 7.93. The maximum atomic E-state index is 12.9. The van der Waals surface area contributed by atoms with Crippen LogP contribution >= 0.6 is 0 Å². The van der Waals surface area contributed by atoms with E-state index < -0.39 is 26.0 Å². The van der Waals surface area contributed by atoms with Gasteiger partial charge in [-0.25, -0.2) is 13.2 Å². The lowest BCUT2D eigenvalue weighted by Gasteiger charge is -2.44. The van der Waals surface area contributed by atoms with Crippen LogP contribution in [0.25, 0.3) is 11.3 Å². The Labute approximate surface area is 210 Å². The van der Waals surface area contributed by atoms with Crippen molar-refractivity contribution in [3.8, 4) is 28.8 Å². The topological polar surface area (TPSA) is 106 Å². The molecule has 5 rings (SSSR count). The molecular formula is C27H30N2O6S. The van der Waals surface area contributed by atoms with E-state index in [4.69, 9.17) is 4.74 Å². The second-order valence-corrected chi connectivity index (χ2v) is 13.7. The number of aromatic carboxylic acids is 1. The summed E-state index contributed by atoms with van der Waals surface area (Å²) in [5.74, 6) is 5.28. The van der Waals surface area contributed by atoms with Crippen LogP contribution in [0.2, 0.25) is 0 Å². The zero-order valence-electron chi connectivity index (χ0n) is 21.1. The number of fused-ring (bicyclic) bond motifs is 6. The molecule has 8 nitrogen and oxygen atoms in total. The molecule has 3 heterocycles. The van der Waals surface area contributed by atoms with Gasteiger partial charge in [0, 0.05) is 17.8 Å². The first-order valence-electron chi connectivity index (χ1n) is 12.1. The zero-order valence-corrected chi connectivity index (χ0v) is 21.9. The van der Waals surface area contributed by atoms with E-state index in [1.165, 1.54) is 19.4 Å². The monoisotopic (exact) mass is 510 g/mol. The molecule has 1 aromatic carbocycles. The van der Waals surface area contributed by atoms with E-state index in [0.29, 0.717) is 29.8 Å². The lowest BCUT2D eigenvalue weighted by atomic mass is 9.91. The summed E-state index contributed by atoms with van der Waals surface area (Å²) < 4.78 is 32.0. The number of sulfone groups is 1. The highest BCUT2D eigenvalue weighted by atomic mass is 32.2. The molecule has 0 amide bonds. The van der Waals surface area contributed by atoms with Gasteiger partial charge >= 0.3 is 5.97 Å². The van der Waals surface area contributed by atoms with Gasteiger partial charge in [0.05, 0.1) is 35.2 Å². The molecule has 9 heteroatoms.